The van der Waals surface area contributed by atoms with E-state index in [1.54, 1.807) is 19.1 Å². The highest BCUT2D eigenvalue weighted by atomic mass is 32.2. The monoisotopic (exact) mass is 280 g/mol. The van der Waals surface area contributed by atoms with E-state index in [1.807, 2.05) is 19.9 Å². The summed E-state index contributed by atoms with van der Waals surface area (Å²) in [4.78, 5) is 0.195. The zero-order valence-electron chi connectivity index (χ0n) is 11.6. The Morgan fingerprint density at radius 1 is 1.37 bits per heavy atom. The van der Waals surface area contributed by atoms with E-state index in [0.717, 1.165) is 19.3 Å². The minimum absolute atomic E-state index is 0.0554. The van der Waals surface area contributed by atoms with E-state index in [2.05, 4.69) is 4.72 Å². The van der Waals surface area contributed by atoms with E-state index in [-0.39, 0.29) is 10.9 Å². The van der Waals surface area contributed by atoms with Gasteiger partial charge in [-0.2, -0.15) is 5.26 Å². The molecule has 1 aromatic rings. The van der Waals surface area contributed by atoms with Crippen molar-refractivity contribution in [2.45, 2.75) is 51.0 Å². The van der Waals surface area contributed by atoms with Crippen LogP contribution < -0.4 is 4.72 Å². The summed E-state index contributed by atoms with van der Waals surface area (Å²) >= 11 is 0. The Hall–Kier alpha value is -1.38. The first kappa shape index (κ1) is 15.7. The molecule has 0 saturated heterocycles. The molecule has 1 atom stereocenters. The maximum absolute atomic E-state index is 12.3. The van der Waals surface area contributed by atoms with E-state index in [1.165, 1.54) is 6.07 Å². The molecule has 4 nitrogen and oxygen atoms in total. The number of nitrogens with one attached hydrogen (secondary N) is 1. The number of hydrogen-bond donors (Lipinski definition) is 1. The summed E-state index contributed by atoms with van der Waals surface area (Å²) in [7, 11) is -3.56. The van der Waals surface area contributed by atoms with Crippen LogP contribution in [0.1, 0.15) is 44.2 Å². The second-order valence-corrected chi connectivity index (χ2v) is 6.29. The van der Waals surface area contributed by atoms with Crippen LogP contribution in [0.25, 0.3) is 0 Å². The molecule has 1 N–H and O–H groups in total. The summed E-state index contributed by atoms with van der Waals surface area (Å²) in [6.45, 7) is 5.72. The first-order valence-electron chi connectivity index (χ1n) is 6.47. The van der Waals surface area contributed by atoms with Crippen molar-refractivity contribution in [3.8, 4) is 6.07 Å². The molecule has 0 fully saturated rings. The third-order valence-corrected chi connectivity index (χ3v) is 4.72. The lowest BCUT2D eigenvalue weighted by molar-refractivity contribution is 0.512. The summed E-state index contributed by atoms with van der Waals surface area (Å²) < 4.78 is 27.4. The number of aryl methyl sites for hydroxylation is 1. The molecule has 104 valence electrons. The van der Waals surface area contributed by atoms with Crippen LogP contribution in [0.3, 0.4) is 0 Å². The fourth-order valence-electron chi connectivity index (χ4n) is 1.94. The van der Waals surface area contributed by atoms with Gasteiger partial charge in [0.05, 0.1) is 16.5 Å². The van der Waals surface area contributed by atoms with Gasteiger partial charge in [0, 0.05) is 6.04 Å². The lowest BCUT2D eigenvalue weighted by atomic mass is 10.1. The Morgan fingerprint density at radius 2 is 2.05 bits per heavy atom. The van der Waals surface area contributed by atoms with Crippen LogP contribution in [0.2, 0.25) is 0 Å². The minimum atomic E-state index is -3.56. The smallest absolute Gasteiger partial charge is 0.208 e. The van der Waals surface area contributed by atoms with Crippen molar-refractivity contribution < 1.29 is 8.42 Å². The molecule has 0 aliphatic heterocycles. The molecule has 0 saturated carbocycles. The molecule has 0 aromatic heterocycles. The quantitative estimate of drug-likeness (QED) is 0.871. The number of hydrogen-bond acceptors (Lipinski definition) is 3. The summed E-state index contributed by atoms with van der Waals surface area (Å²) in [6, 6.07) is 6.62. The maximum atomic E-state index is 12.3. The highest BCUT2D eigenvalue weighted by Gasteiger charge is 2.20. The Morgan fingerprint density at radius 3 is 2.58 bits per heavy atom. The largest absolute Gasteiger partial charge is 0.241 e. The first-order valence-corrected chi connectivity index (χ1v) is 7.96. The van der Waals surface area contributed by atoms with Crippen LogP contribution in [0.4, 0.5) is 0 Å². The van der Waals surface area contributed by atoms with Gasteiger partial charge in [0.25, 0.3) is 0 Å². The molecule has 0 spiro atoms. The molecule has 5 heteroatoms. The number of nitrogens with zero attached hydrogens (tertiary/aromatic N) is 1. The first-order chi connectivity index (χ1) is 8.94. The summed E-state index contributed by atoms with van der Waals surface area (Å²) in [5, 5.41) is 8.87. The fourth-order valence-corrected chi connectivity index (χ4v) is 3.56. The Balaban J connectivity index is 3.10. The Bertz CT molecular complexity index is 574. The third-order valence-electron chi connectivity index (χ3n) is 3.06. The molecule has 1 unspecified atom stereocenters. The van der Waals surface area contributed by atoms with Crippen molar-refractivity contribution in [1.29, 1.82) is 5.26 Å². The average molecular weight is 280 g/mol. The van der Waals surface area contributed by atoms with Gasteiger partial charge in [-0.15, -0.1) is 0 Å². The van der Waals surface area contributed by atoms with Gasteiger partial charge in [0.2, 0.25) is 10.0 Å². The normalized spacial score (nSPS) is 12.9. The van der Waals surface area contributed by atoms with Gasteiger partial charge in [-0.3, -0.25) is 0 Å². The van der Waals surface area contributed by atoms with Gasteiger partial charge in [0.15, 0.2) is 0 Å². The van der Waals surface area contributed by atoms with Crippen LogP contribution in [0.5, 0.6) is 0 Å². The molecular formula is C14H20N2O2S. The van der Waals surface area contributed by atoms with Crippen LogP contribution in [-0.2, 0) is 10.0 Å². The topological polar surface area (TPSA) is 70.0 Å². The highest BCUT2D eigenvalue weighted by Crippen LogP contribution is 2.18. The van der Waals surface area contributed by atoms with E-state index in [4.69, 9.17) is 5.26 Å². The summed E-state index contributed by atoms with van der Waals surface area (Å²) in [5.74, 6) is 0. The number of sulfonamides is 1. The van der Waals surface area contributed by atoms with Gasteiger partial charge in [-0.05, 0) is 37.5 Å². The molecule has 19 heavy (non-hydrogen) atoms. The third kappa shape index (κ3) is 4.05. The van der Waals surface area contributed by atoms with E-state index in [0.29, 0.717) is 11.1 Å². The summed E-state index contributed by atoms with van der Waals surface area (Å²) in [5.41, 5.74) is 1.01. The molecule has 0 radical (unpaired) electrons. The molecular weight excluding hydrogens is 260 g/mol. The van der Waals surface area contributed by atoms with E-state index < -0.39 is 10.0 Å². The number of rotatable bonds is 6. The molecule has 0 heterocycles. The van der Waals surface area contributed by atoms with Crippen molar-refractivity contribution in [3.63, 3.8) is 0 Å². The van der Waals surface area contributed by atoms with Gasteiger partial charge < -0.3 is 0 Å². The predicted molar refractivity (Wildman–Crippen MR) is 75.2 cm³/mol. The van der Waals surface area contributed by atoms with Crippen LogP contribution in [0, 0.1) is 18.3 Å². The number of benzene rings is 1. The molecule has 1 aromatic carbocycles. The van der Waals surface area contributed by atoms with Crippen LogP contribution in [-0.4, -0.2) is 14.5 Å². The zero-order chi connectivity index (χ0) is 14.5. The standard InChI is InChI=1S/C14H20N2O2S/c1-4-6-13(5-2)16-19(17,18)14-9-12(10-15)8-7-11(14)3/h7-9,13,16H,4-6H2,1-3H3. The highest BCUT2D eigenvalue weighted by molar-refractivity contribution is 7.89. The molecule has 0 aliphatic carbocycles. The second kappa shape index (κ2) is 6.69. The van der Waals surface area contributed by atoms with Gasteiger partial charge in [0.1, 0.15) is 0 Å². The van der Waals surface area contributed by atoms with Crippen molar-refractivity contribution >= 4 is 10.0 Å². The summed E-state index contributed by atoms with van der Waals surface area (Å²) in [6.07, 6.45) is 2.50. The van der Waals surface area contributed by atoms with E-state index in [9.17, 15) is 8.42 Å². The minimum Gasteiger partial charge on any atom is -0.208 e. The average Bonchev–Trinajstić information content (AvgIpc) is 2.38. The van der Waals surface area contributed by atoms with Crippen LogP contribution >= 0.6 is 0 Å². The van der Waals surface area contributed by atoms with E-state index >= 15 is 0 Å². The van der Waals surface area contributed by atoms with Crippen molar-refractivity contribution in [1.82, 2.24) is 4.72 Å². The lowest BCUT2D eigenvalue weighted by Gasteiger charge is -2.17. The Kier molecular flexibility index (Phi) is 5.52. The van der Waals surface area contributed by atoms with Gasteiger partial charge >= 0.3 is 0 Å². The van der Waals surface area contributed by atoms with Crippen molar-refractivity contribution in [3.05, 3.63) is 29.3 Å². The Labute approximate surface area is 115 Å². The molecule has 0 amide bonds. The second-order valence-electron chi connectivity index (χ2n) is 4.61. The fraction of sp³-hybridized carbons (Fsp3) is 0.500. The lowest BCUT2D eigenvalue weighted by Crippen LogP contribution is -2.34. The SMILES string of the molecule is CCCC(CC)NS(=O)(=O)c1cc(C#N)ccc1C. The van der Waals surface area contributed by atoms with Crippen LogP contribution in [0.15, 0.2) is 23.1 Å². The van der Waals surface area contributed by atoms with Crippen molar-refractivity contribution in [2.75, 3.05) is 0 Å². The molecule has 1 rings (SSSR count). The molecule has 0 aliphatic rings. The van der Waals surface area contributed by atoms with Gasteiger partial charge in [-0.1, -0.05) is 26.3 Å². The van der Waals surface area contributed by atoms with Gasteiger partial charge in [-0.25, -0.2) is 13.1 Å². The van der Waals surface area contributed by atoms with Crippen molar-refractivity contribution in [2.24, 2.45) is 0 Å². The number of nitriles is 1. The maximum Gasteiger partial charge on any atom is 0.241 e. The zero-order valence-corrected chi connectivity index (χ0v) is 12.4. The predicted octanol–water partition coefficient (Wildman–Crippen LogP) is 2.72. The molecule has 0 bridgehead atoms.